The molecule has 1 fully saturated rings. The second kappa shape index (κ2) is 5.49. The van der Waals surface area contributed by atoms with E-state index in [1.54, 1.807) is 12.3 Å². The van der Waals surface area contributed by atoms with Crippen LogP contribution in [0.4, 0.5) is 15.9 Å². The molecule has 0 radical (unpaired) electrons. The van der Waals surface area contributed by atoms with Gasteiger partial charge in [0.05, 0.1) is 11.6 Å². The Morgan fingerprint density at radius 3 is 2.91 bits per heavy atom. The standard InChI is InChI=1S/C16H16FN5O/c17-13-9-10(5-7-18-13)20-15-14-12(6-8-19-16(14)23)22(21-15)11-3-1-2-4-11/h5-9,11H,1-4H2,(H,19,23)(H,18,20,21). The van der Waals surface area contributed by atoms with Crippen LogP contribution >= 0.6 is 0 Å². The molecule has 118 valence electrons. The van der Waals surface area contributed by atoms with Crippen molar-refractivity contribution in [3.63, 3.8) is 0 Å². The zero-order chi connectivity index (χ0) is 15.8. The van der Waals surface area contributed by atoms with Gasteiger partial charge in [-0.25, -0.2) is 4.98 Å². The molecule has 0 unspecified atom stereocenters. The SMILES string of the molecule is O=c1[nH]ccc2c1c(Nc1ccnc(F)c1)nn2C1CCCC1. The summed E-state index contributed by atoms with van der Waals surface area (Å²) in [5.74, 6) is -0.136. The quantitative estimate of drug-likeness (QED) is 0.729. The number of pyridine rings is 2. The summed E-state index contributed by atoms with van der Waals surface area (Å²) < 4.78 is 15.2. The van der Waals surface area contributed by atoms with Gasteiger partial charge in [0.1, 0.15) is 5.39 Å². The van der Waals surface area contributed by atoms with Crippen LogP contribution in [0.25, 0.3) is 10.9 Å². The number of fused-ring (bicyclic) bond motifs is 1. The van der Waals surface area contributed by atoms with Crippen LogP contribution in [0.2, 0.25) is 0 Å². The average molecular weight is 313 g/mol. The molecule has 0 saturated heterocycles. The fraction of sp³-hybridized carbons (Fsp3) is 0.312. The summed E-state index contributed by atoms with van der Waals surface area (Å²) in [7, 11) is 0. The Hall–Kier alpha value is -2.70. The smallest absolute Gasteiger partial charge is 0.261 e. The van der Waals surface area contributed by atoms with Crippen molar-refractivity contribution >= 4 is 22.4 Å². The Kier molecular flexibility index (Phi) is 3.33. The van der Waals surface area contributed by atoms with Gasteiger partial charge in [0.25, 0.3) is 5.56 Å². The van der Waals surface area contributed by atoms with Crippen LogP contribution in [0.5, 0.6) is 0 Å². The number of anilines is 2. The lowest BCUT2D eigenvalue weighted by atomic mass is 10.2. The lowest BCUT2D eigenvalue weighted by molar-refractivity contribution is 0.483. The van der Waals surface area contributed by atoms with Gasteiger partial charge in [0.2, 0.25) is 5.95 Å². The molecule has 2 N–H and O–H groups in total. The molecule has 0 aromatic carbocycles. The number of nitrogens with one attached hydrogen (secondary N) is 2. The summed E-state index contributed by atoms with van der Waals surface area (Å²) >= 11 is 0. The van der Waals surface area contributed by atoms with Crippen molar-refractivity contribution in [3.8, 4) is 0 Å². The summed E-state index contributed by atoms with van der Waals surface area (Å²) in [6.45, 7) is 0. The first kappa shape index (κ1) is 13.9. The lowest BCUT2D eigenvalue weighted by Gasteiger charge is -2.10. The van der Waals surface area contributed by atoms with E-state index in [0.717, 1.165) is 18.4 Å². The van der Waals surface area contributed by atoms with Crippen LogP contribution in [0, 0.1) is 5.95 Å². The summed E-state index contributed by atoms with van der Waals surface area (Å²) in [6.07, 6.45) is 7.48. The maximum atomic E-state index is 13.3. The molecule has 23 heavy (non-hydrogen) atoms. The highest BCUT2D eigenvalue weighted by Crippen LogP contribution is 2.33. The van der Waals surface area contributed by atoms with Crippen LogP contribution < -0.4 is 10.9 Å². The van der Waals surface area contributed by atoms with Gasteiger partial charge in [0, 0.05) is 24.1 Å². The van der Waals surface area contributed by atoms with Crippen molar-refractivity contribution in [2.24, 2.45) is 0 Å². The number of rotatable bonds is 3. The molecule has 0 atom stereocenters. The van der Waals surface area contributed by atoms with E-state index < -0.39 is 5.95 Å². The number of nitrogens with zero attached hydrogens (tertiary/aromatic N) is 3. The average Bonchev–Trinajstić information content (AvgIpc) is 3.16. The summed E-state index contributed by atoms with van der Waals surface area (Å²) in [6, 6.07) is 5.09. The third kappa shape index (κ3) is 2.48. The molecule has 1 aliphatic carbocycles. The van der Waals surface area contributed by atoms with E-state index in [-0.39, 0.29) is 5.56 Å². The van der Waals surface area contributed by atoms with Crippen molar-refractivity contribution in [2.75, 3.05) is 5.32 Å². The van der Waals surface area contributed by atoms with Crippen LogP contribution in [-0.2, 0) is 0 Å². The van der Waals surface area contributed by atoms with Crippen LogP contribution in [0.3, 0.4) is 0 Å². The van der Waals surface area contributed by atoms with Gasteiger partial charge in [-0.1, -0.05) is 12.8 Å². The molecule has 3 aromatic rings. The van der Waals surface area contributed by atoms with Gasteiger partial charge in [-0.2, -0.15) is 9.49 Å². The summed E-state index contributed by atoms with van der Waals surface area (Å²) in [4.78, 5) is 18.5. The van der Waals surface area contributed by atoms with Gasteiger partial charge >= 0.3 is 0 Å². The number of hydrogen-bond acceptors (Lipinski definition) is 4. The minimum atomic E-state index is -0.580. The van der Waals surface area contributed by atoms with Crippen molar-refractivity contribution in [2.45, 2.75) is 31.7 Å². The maximum absolute atomic E-state index is 13.3. The molecule has 0 amide bonds. The molecule has 1 saturated carbocycles. The zero-order valence-electron chi connectivity index (χ0n) is 12.4. The van der Waals surface area contributed by atoms with Gasteiger partial charge in [-0.05, 0) is 25.0 Å². The largest absolute Gasteiger partial charge is 0.338 e. The first-order valence-electron chi connectivity index (χ1n) is 7.71. The Bertz CT molecular complexity index is 910. The van der Waals surface area contributed by atoms with E-state index in [4.69, 9.17) is 0 Å². The second-order valence-corrected chi connectivity index (χ2v) is 5.79. The lowest BCUT2D eigenvalue weighted by Crippen LogP contribution is -2.08. The maximum Gasteiger partial charge on any atom is 0.261 e. The minimum absolute atomic E-state index is 0.205. The molecule has 3 heterocycles. The van der Waals surface area contributed by atoms with Gasteiger partial charge in [-0.3, -0.25) is 9.48 Å². The molecule has 3 aromatic heterocycles. The first-order chi connectivity index (χ1) is 11.2. The van der Waals surface area contributed by atoms with E-state index in [0.29, 0.717) is 22.9 Å². The Labute approximate surface area is 131 Å². The van der Waals surface area contributed by atoms with Crippen LogP contribution in [-0.4, -0.2) is 19.7 Å². The van der Waals surface area contributed by atoms with Gasteiger partial charge in [0.15, 0.2) is 5.82 Å². The molecule has 1 aliphatic rings. The molecule has 0 aliphatic heterocycles. The molecular weight excluding hydrogens is 297 g/mol. The minimum Gasteiger partial charge on any atom is -0.338 e. The van der Waals surface area contributed by atoms with Crippen LogP contribution in [0.15, 0.2) is 35.4 Å². The third-order valence-electron chi connectivity index (χ3n) is 4.29. The zero-order valence-corrected chi connectivity index (χ0v) is 12.4. The predicted octanol–water partition coefficient (Wildman–Crippen LogP) is 3.12. The van der Waals surface area contributed by atoms with Crippen molar-refractivity contribution < 1.29 is 4.39 Å². The second-order valence-electron chi connectivity index (χ2n) is 5.79. The summed E-state index contributed by atoms with van der Waals surface area (Å²) in [5, 5.41) is 8.14. The van der Waals surface area contributed by atoms with E-state index in [1.807, 2.05) is 10.7 Å². The highest BCUT2D eigenvalue weighted by Gasteiger charge is 2.23. The third-order valence-corrected chi connectivity index (χ3v) is 4.29. The molecule has 7 heteroatoms. The van der Waals surface area contributed by atoms with E-state index in [2.05, 4.69) is 20.4 Å². The summed E-state index contributed by atoms with van der Waals surface area (Å²) in [5.41, 5.74) is 1.11. The fourth-order valence-corrected chi connectivity index (χ4v) is 3.23. The molecular formula is C16H16FN5O. The van der Waals surface area contributed by atoms with Gasteiger partial charge in [-0.15, -0.1) is 0 Å². The van der Waals surface area contributed by atoms with Crippen LogP contribution in [0.1, 0.15) is 31.7 Å². The normalized spacial score (nSPS) is 15.3. The number of aromatic amines is 1. The highest BCUT2D eigenvalue weighted by molar-refractivity contribution is 5.91. The first-order valence-corrected chi connectivity index (χ1v) is 7.71. The number of hydrogen-bond donors (Lipinski definition) is 2. The van der Waals surface area contributed by atoms with Crippen molar-refractivity contribution in [1.29, 1.82) is 0 Å². The molecule has 0 spiro atoms. The van der Waals surface area contributed by atoms with E-state index in [9.17, 15) is 9.18 Å². The Balaban J connectivity index is 1.84. The Morgan fingerprint density at radius 2 is 2.13 bits per heavy atom. The number of aromatic nitrogens is 4. The Morgan fingerprint density at radius 1 is 1.30 bits per heavy atom. The molecule has 6 nitrogen and oxygen atoms in total. The van der Waals surface area contributed by atoms with Crippen molar-refractivity contribution in [1.82, 2.24) is 19.7 Å². The molecule has 4 rings (SSSR count). The van der Waals surface area contributed by atoms with E-state index >= 15 is 0 Å². The molecule has 0 bridgehead atoms. The monoisotopic (exact) mass is 313 g/mol. The van der Waals surface area contributed by atoms with Crippen molar-refractivity contribution in [3.05, 3.63) is 46.9 Å². The van der Waals surface area contributed by atoms with Gasteiger partial charge < -0.3 is 10.3 Å². The predicted molar refractivity (Wildman–Crippen MR) is 85.3 cm³/mol. The highest BCUT2D eigenvalue weighted by atomic mass is 19.1. The topological polar surface area (TPSA) is 75.6 Å². The number of halogens is 1. The number of H-pyrrole nitrogens is 1. The fourth-order valence-electron chi connectivity index (χ4n) is 3.23. The van der Waals surface area contributed by atoms with E-state index in [1.165, 1.54) is 25.1 Å².